The molecule has 0 bridgehead atoms. The lowest BCUT2D eigenvalue weighted by Crippen LogP contribution is -2.43. The average Bonchev–Trinajstić information content (AvgIpc) is 3.40. The Labute approximate surface area is 215 Å². The quantitative estimate of drug-likeness (QED) is 0.209. The zero-order valence-electron chi connectivity index (χ0n) is 19.7. The highest BCUT2D eigenvalue weighted by Gasteiger charge is 2.44. The van der Waals surface area contributed by atoms with E-state index in [-0.39, 0.29) is 18.7 Å². The molecule has 11 nitrogen and oxygen atoms in total. The fraction of sp³-hybridized carbons (Fsp3) is 0.304. The predicted octanol–water partition coefficient (Wildman–Crippen LogP) is 3.27. The molecule has 2 amide bonds. The van der Waals surface area contributed by atoms with Crippen molar-refractivity contribution in [3.63, 3.8) is 0 Å². The predicted molar refractivity (Wildman–Crippen MR) is 128 cm³/mol. The van der Waals surface area contributed by atoms with Crippen molar-refractivity contribution in [1.29, 1.82) is 0 Å². The number of carbonyl (C=O) groups is 3. The Morgan fingerprint density at radius 2 is 1.87 bits per heavy atom. The molecule has 3 aromatic rings. The molecule has 2 aromatic carbocycles. The average molecular weight is 557 g/mol. The first-order valence-electron chi connectivity index (χ1n) is 11.1. The van der Waals surface area contributed by atoms with Crippen LogP contribution < -0.4 is 10.0 Å². The van der Waals surface area contributed by atoms with Crippen LogP contribution in [0, 0.1) is 0 Å². The minimum atomic E-state index is -5.32. The summed E-state index contributed by atoms with van der Waals surface area (Å²) in [4.78, 5) is 43.1. The number of carbonyl (C=O) groups excluding carboxylic acids is 3. The molecule has 2 heterocycles. The maximum Gasteiger partial charge on any atom is 0.491 e. The SMILES string of the molecule is COC(OC(=O)C(F)(F)F)C(=O)N[C@@H](Cc1ccc(C2CC(=O)NS2(O)O)cc1)c1nc2ccccc2[nH]1. The zero-order chi connectivity index (χ0) is 27.7. The zero-order valence-corrected chi connectivity index (χ0v) is 20.5. The Bertz CT molecular complexity index is 1310. The van der Waals surface area contributed by atoms with Gasteiger partial charge in [0.25, 0.3) is 12.2 Å². The Kier molecular flexibility index (Phi) is 7.64. The molecule has 1 aromatic heterocycles. The van der Waals surface area contributed by atoms with Crippen LogP contribution in [-0.4, -0.2) is 56.4 Å². The second-order valence-electron chi connectivity index (χ2n) is 8.43. The lowest BCUT2D eigenvalue weighted by molar-refractivity contribution is -0.222. The third-order valence-electron chi connectivity index (χ3n) is 5.75. The summed E-state index contributed by atoms with van der Waals surface area (Å²) in [6.07, 6.45) is -7.49. The first kappa shape index (κ1) is 27.4. The molecule has 1 fully saturated rings. The summed E-state index contributed by atoms with van der Waals surface area (Å²) in [5.41, 5.74) is 2.37. The smallest absolute Gasteiger partial charge is 0.419 e. The number of methoxy groups -OCH3 is 1. The Morgan fingerprint density at radius 1 is 1.18 bits per heavy atom. The molecule has 2 unspecified atom stereocenters. The highest BCUT2D eigenvalue weighted by molar-refractivity contribution is 8.23. The number of hydrogen-bond acceptors (Lipinski definition) is 8. The topological polar surface area (TPSA) is 163 Å². The molecule has 1 aliphatic heterocycles. The number of para-hydroxylation sites is 2. The molecular formula is C23H23F3N4O7S. The van der Waals surface area contributed by atoms with Crippen LogP contribution in [0.25, 0.3) is 11.0 Å². The second-order valence-corrected chi connectivity index (χ2v) is 10.4. The van der Waals surface area contributed by atoms with Gasteiger partial charge in [0.15, 0.2) is 0 Å². The number of esters is 1. The van der Waals surface area contributed by atoms with E-state index in [2.05, 4.69) is 29.5 Å². The van der Waals surface area contributed by atoms with Gasteiger partial charge in [-0.2, -0.15) is 13.2 Å². The molecule has 4 rings (SSSR count). The number of hydrogen-bond donors (Lipinski definition) is 5. The minimum Gasteiger partial charge on any atom is -0.419 e. The molecule has 0 aliphatic carbocycles. The van der Waals surface area contributed by atoms with E-state index in [1.54, 1.807) is 48.5 Å². The van der Waals surface area contributed by atoms with E-state index in [1.165, 1.54) is 0 Å². The molecule has 3 atom stereocenters. The highest BCUT2D eigenvalue weighted by Crippen LogP contribution is 2.56. The van der Waals surface area contributed by atoms with Crippen LogP contribution >= 0.6 is 10.8 Å². The Balaban J connectivity index is 1.57. The number of ether oxygens (including phenoxy) is 2. The largest absolute Gasteiger partial charge is 0.491 e. The monoisotopic (exact) mass is 556 g/mol. The molecule has 0 radical (unpaired) electrons. The number of alkyl halides is 3. The molecule has 0 saturated carbocycles. The van der Waals surface area contributed by atoms with Crippen LogP contribution in [0.5, 0.6) is 0 Å². The number of H-pyrrole nitrogens is 1. The van der Waals surface area contributed by atoms with Crippen molar-refractivity contribution >= 4 is 39.6 Å². The fourth-order valence-corrected chi connectivity index (χ4v) is 5.42. The van der Waals surface area contributed by atoms with Crippen LogP contribution in [0.4, 0.5) is 13.2 Å². The van der Waals surface area contributed by atoms with Gasteiger partial charge in [0, 0.05) is 7.11 Å². The van der Waals surface area contributed by atoms with Crippen LogP contribution in [0.3, 0.4) is 0 Å². The van der Waals surface area contributed by atoms with Crippen LogP contribution in [0.2, 0.25) is 0 Å². The van der Waals surface area contributed by atoms with Gasteiger partial charge >= 0.3 is 12.1 Å². The van der Waals surface area contributed by atoms with E-state index in [0.717, 1.165) is 7.11 Å². The molecule has 204 valence electrons. The van der Waals surface area contributed by atoms with Crippen LogP contribution in [0.15, 0.2) is 48.5 Å². The van der Waals surface area contributed by atoms with Crippen molar-refractivity contribution in [1.82, 2.24) is 20.0 Å². The number of rotatable bonds is 8. The molecule has 38 heavy (non-hydrogen) atoms. The van der Waals surface area contributed by atoms with Gasteiger partial charge in [-0.25, -0.2) is 9.78 Å². The van der Waals surface area contributed by atoms with E-state index >= 15 is 0 Å². The van der Waals surface area contributed by atoms with Crippen LogP contribution in [0.1, 0.15) is 34.7 Å². The second kappa shape index (κ2) is 10.6. The van der Waals surface area contributed by atoms with Crippen molar-refractivity contribution in [2.24, 2.45) is 0 Å². The molecule has 1 aliphatic rings. The van der Waals surface area contributed by atoms with E-state index < -0.39 is 52.3 Å². The maximum atomic E-state index is 12.7. The number of nitrogens with zero attached hydrogens (tertiary/aromatic N) is 1. The summed E-state index contributed by atoms with van der Waals surface area (Å²) < 4.78 is 69.1. The summed E-state index contributed by atoms with van der Waals surface area (Å²) >= 11 is 0. The number of halogens is 3. The first-order chi connectivity index (χ1) is 17.9. The van der Waals surface area contributed by atoms with E-state index in [0.29, 0.717) is 22.2 Å². The number of nitrogens with one attached hydrogen (secondary N) is 3. The maximum absolute atomic E-state index is 12.7. The van der Waals surface area contributed by atoms with Crippen molar-refractivity contribution in [3.05, 3.63) is 65.5 Å². The number of aromatic nitrogens is 2. The van der Waals surface area contributed by atoms with E-state index in [1.807, 2.05) is 0 Å². The third kappa shape index (κ3) is 6.07. The van der Waals surface area contributed by atoms with Crippen molar-refractivity contribution in [3.8, 4) is 0 Å². The van der Waals surface area contributed by atoms with Gasteiger partial charge in [0.2, 0.25) is 5.91 Å². The normalized spacial score (nSPS) is 19.4. The lowest BCUT2D eigenvalue weighted by atomic mass is 10.0. The van der Waals surface area contributed by atoms with Gasteiger partial charge in [-0.1, -0.05) is 36.4 Å². The summed E-state index contributed by atoms with van der Waals surface area (Å²) in [7, 11) is -2.43. The highest BCUT2D eigenvalue weighted by atomic mass is 32.3. The molecule has 5 N–H and O–H groups in total. The van der Waals surface area contributed by atoms with Crippen molar-refractivity contribution < 1.29 is 46.1 Å². The fourth-order valence-electron chi connectivity index (χ4n) is 3.94. The molecular weight excluding hydrogens is 533 g/mol. The summed E-state index contributed by atoms with van der Waals surface area (Å²) in [5.74, 6) is -3.93. The molecule has 1 saturated heterocycles. The van der Waals surface area contributed by atoms with Crippen molar-refractivity contribution in [2.75, 3.05) is 7.11 Å². The number of aromatic amines is 1. The van der Waals surface area contributed by atoms with Gasteiger partial charge in [-0.3, -0.25) is 23.4 Å². The first-order valence-corrected chi connectivity index (χ1v) is 12.7. The number of amides is 2. The molecule has 0 spiro atoms. The van der Waals surface area contributed by atoms with Crippen LogP contribution in [-0.2, 0) is 30.3 Å². The minimum absolute atomic E-state index is 0.0889. The summed E-state index contributed by atoms with van der Waals surface area (Å²) in [6, 6.07) is 12.6. The Morgan fingerprint density at radius 3 is 2.45 bits per heavy atom. The van der Waals surface area contributed by atoms with Gasteiger partial charge in [0.05, 0.1) is 23.5 Å². The third-order valence-corrected chi connectivity index (χ3v) is 7.51. The van der Waals surface area contributed by atoms with Gasteiger partial charge in [-0.15, -0.1) is 10.8 Å². The van der Waals surface area contributed by atoms with E-state index in [4.69, 9.17) is 0 Å². The Hall–Kier alpha value is -3.66. The summed E-state index contributed by atoms with van der Waals surface area (Å²) in [6.45, 7) is 0. The lowest BCUT2D eigenvalue weighted by Gasteiger charge is -2.32. The van der Waals surface area contributed by atoms with Gasteiger partial charge < -0.3 is 19.8 Å². The van der Waals surface area contributed by atoms with Gasteiger partial charge in [-0.05, 0) is 29.7 Å². The number of benzene rings is 2. The number of fused-ring (bicyclic) bond motifs is 1. The molecule has 15 heteroatoms. The summed E-state index contributed by atoms with van der Waals surface area (Å²) in [5, 5.41) is 1.69. The van der Waals surface area contributed by atoms with E-state index in [9.17, 15) is 36.7 Å². The van der Waals surface area contributed by atoms with Crippen molar-refractivity contribution in [2.45, 2.75) is 36.6 Å². The standard InChI is InChI=1S/C23H23F3N4O7S/c1-36-21(37-22(33)23(24,25)26)20(32)29-16(19-27-14-4-2-3-5-15(14)28-19)10-12-6-8-13(9-7-12)17-11-18(31)30-38(17,34)35/h2-9,16-17,21,34-35H,10-11H2,1H3,(H,27,28)(H,29,32)(H,30,31)/t16-,17?,21?/m0/s1. The number of imidazole rings is 1. The van der Waals surface area contributed by atoms with Gasteiger partial charge in [0.1, 0.15) is 11.1 Å².